The zero-order chi connectivity index (χ0) is 35.1. The van der Waals surface area contributed by atoms with Crippen molar-refractivity contribution in [2.45, 2.75) is 117 Å². The van der Waals surface area contributed by atoms with Gasteiger partial charge < -0.3 is 25.0 Å². The first-order chi connectivity index (χ1) is 21.9. The molecule has 2 N–H and O–H groups in total. The number of benzene rings is 2. The highest BCUT2D eigenvalue weighted by Crippen LogP contribution is 2.41. The first-order valence-electron chi connectivity index (χ1n) is 16.5. The number of hydrogen-bond donors (Lipinski definition) is 2. The second-order valence-electron chi connectivity index (χ2n) is 14.6. The molecule has 3 amide bonds. The second-order valence-corrected chi connectivity index (χ2v) is 14.6. The van der Waals surface area contributed by atoms with E-state index < -0.39 is 47.3 Å². The normalized spacial score (nSPS) is 18.5. The quantitative estimate of drug-likeness (QED) is 0.237. The summed E-state index contributed by atoms with van der Waals surface area (Å²) in [5, 5.41) is 5.78. The molecule has 9 nitrogen and oxygen atoms in total. The van der Waals surface area contributed by atoms with Gasteiger partial charge in [-0.3, -0.25) is 9.59 Å². The number of ether oxygens (including phenoxy) is 2. The highest BCUT2D eigenvalue weighted by molar-refractivity contribution is 5.94. The summed E-state index contributed by atoms with van der Waals surface area (Å²) >= 11 is 0. The van der Waals surface area contributed by atoms with Gasteiger partial charge in [0.05, 0.1) is 0 Å². The van der Waals surface area contributed by atoms with Crippen molar-refractivity contribution in [3.63, 3.8) is 0 Å². The average molecular weight is 648 g/mol. The maximum atomic E-state index is 14.7. The van der Waals surface area contributed by atoms with E-state index >= 15 is 0 Å². The van der Waals surface area contributed by atoms with Crippen LogP contribution < -0.4 is 10.6 Å². The molecule has 256 valence electrons. The van der Waals surface area contributed by atoms with E-state index in [1.54, 1.807) is 58.6 Å². The summed E-state index contributed by atoms with van der Waals surface area (Å²) in [5.41, 5.74) is 0.637. The van der Waals surface area contributed by atoms with Gasteiger partial charge in [-0.05, 0) is 82.6 Å². The molecular formula is C38H53N3O6. The molecule has 0 saturated heterocycles. The van der Waals surface area contributed by atoms with Crippen molar-refractivity contribution in [3.8, 4) is 0 Å². The molecule has 9 heteroatoms. The molecule has 1 aliphatic carbocycles. The lowest BCUT2D eigenvalue weighted by Crippen LogP contribution is -2.57. The molecule has 1 saturated carbocycles. The van der Waals surface area contributed by atoms with Crippen LogP contribution in [0.25, 0.3) is 6.08 Å². The number of esters is 1. The van der Waals surface area contributed by atoms with Gasteiger partial charge in [0.25, 0.3) is 0 Å². The van der Waals surface area contributed by atoms with Gasteiger partial charge in [-0.25, -0.2) is 9.59 Å². The number of nitrogens with one attached hydrogen (secondary N) is 2. The van der Waals surface area contributed by atoms with Crippen LogP contribution in [0.4, 0.5) is 4.79 Å². The molecule has 47 heavy (non-hydrogen) atoms. The van der Waals surface area contributed by atoms with Crippen molar-refractivity contribution in [2.24, 2.45) is 11.8 Å². The van der Waals surface area contributed by atoms with Crippen LogP contribution in [0, 0.1) is 11.8 Å². The lowest BCUT2D eigenvalue weighted by molar-refractivity contribution is -0.159. The largest absolute Gasteiger partial charge is 0.458 e. The minimum absolute atomic E-state index is 0.127. The van der Waals surface area contributed by atoms with E-state index in [0.717, 1.165) is 11.1 Å². The summed E-state index contributed by atoms with van der Waals surface area (Å²) < 4.78 is 11.3. The van der Waals surface area contributed by atoms with Crippen LogP contribution in [0.3, 0.4) is 0 Å². The molecule has 3 rings (SSSR count). The Bertz CT molecular complexity index is 1410. The molecule has 2 aromatic rings. The topological polar surface area (TPSA) is 114 Å². The van der Waals surface area contributed by atoms with Crippen molar-refractivity contribution in [1.29, 1.82) is 0 Å². The number of alkyl carbamates (subject to hydrolysis) is 1. The number of carbonyl (C=O) groups is 4. The predicted molar refractivity (Wildman–Crippen MR) is 184 cm³/mol. The van der Waals surface area contributed by atoms with Crippen molar-refractivity contribution in [1.82, 2.24) is 15.5 Å². The summed E-state index contributed by atoms with van der Waals surface area (Å²) in [6.45, 7) is 20.3. The Morgan fingerprint density at radius 2 is 1.57 bits per heavy atom. The van der Waals surface area contributed by atoms with Crippen molar-refractivity contribution < 1.29 is 28.7 Å². The third-order valence-corrected chi connectivity index (χ3v) is 8.11. The van der Waals surface area contributed by atoms with Crippen LogP contribution >= 0.6 is 0 Å². The van der Waals surface area contributed by atoms with Crippen LogP contribution in [0.2, 0.25) is 0 Å². The van der Waals surface area contributed by atoms with Crippen LogP contribution in [0.5, 0.6) is 0 Å². The van der Waals surface area contributed by atoms with E-state index in [1.807, 2.05) is 69.3 Å². The van der Waals surface area contributed by atoms with E-state index in [9.17, 15) is 19.2 Å². The highest BCUT2D eigenvalue weighted by atomic mass is 16.6. The zero-order valence-electron chi connectivity index (χ0n) is 29.5. The molecule has 0 spiro atoms. The van der Waals surface area contributed by atoms with E-state index in [4.69, 9.17) is 9.47 Å². The summed E-state index contributed by atoms with van der Waals surface area (Å²) in [5.74, 6) is -1.62. The van der Waals surface area contributed by atoms with Crippen molar-refractivity contribution >= 4 is 30.0 Å². The number of carbonyl (C=O) groups excluding carboxylic acids is 4. The first kappa shape index (κ1) is 37.3. The Balaban J connectivity index is 2.10. The summed E-state index contributed by atoms with van der Waals surface area (Å²) in [6.07, 6.45) is 2.46. The fourth-order valence-electron chi connectivity index (χ4n) is 5.41. The fraction of sp³-hybridized carbons (Fsp3) is 0.526. The van der Waals surface area contributed by atoms with Crippen LogP contribution in [0.1, 0.15) is 97.9 Å². The average Bonchev–Trinajstić information content (AvgIpc) is 3.71. The van der Waals surface area contributed by atoms with E-state index in [-0.39, 0.29) is 30.2 Å². The van der Waals surface area contributed by atoms with Gasteiger partial charge in [-0.2, -0.15) is 0 Å². The van der Waals surface area contributed by atoms with E-state index in [0.29, 0.717) is 18.4 Å². The van der Waals surface area contributed by atoms with Gasteiger partial charge in [0.1, 0.15) is 29.3 Å². The van der Waals surface area contributed by atoms with Gasteiger partial charge in [0, 0.05) is 12.5 Å². The Morgan fingerprint density at radius 1 is 0.957 bits per heavy atom. The molecule has 0 radical (unpaired) electrons. The third kappa shape index (κ3) is 11.0. The molecule has 6 unspecified atom stereocenters. The van der Waals surface area contributed by atoms with E-state index in [2.05, 4.69) is 17.2 Å². The Morgan fingerprint density at radius 3 is 2.11 bits per heavy atom. The Kier molecular flexibility index (Phi) is 12.4. The molecule has 1 fully saturated rings. The van der Waals surface area contributed by atoms with Gasteiger partial charge in [0.2, 0.25) is 11.8 Å². The first-order valence-corrected chi connectivity index (χ1v) is 16.5. The smallest absolute Gasteiger partial charge is 0.408 e. The van der Waals surface area contributed by atoms with Gasteiger partial charge in [0.15, 0.2) is 0 Å². The fourth-order valence-corrected chi connectivity index (χ4v) is 5.41. The number of amides is 3. The monoisotopic (exact) mass is 647 g/mol. The molecule has 0 heterocycles. The minimum Gasteiger partial charge on any atom is -0.458 e. The van der Waals surface area contributed by atoms with Crippen LogP contribution in [-0.2, 0) is 30.3 Å². The molecule has 0 aromatic heterocycles. The van der Waals surface area contributed by atoms with Crippen molar-refractivity contribution in [3.05, 3.63) is 77.9 Å². The van der Waals surface area contributed by atoms with Crippen LogP contribution in [0.15, 0.2) is 61.2 Å². The number of rotatable bonds is 13. The summed E-state index contributed by atoms with van der Waals surface area (Å²) in [4.78, 5) is 57.5. The maximum absolute atomic E-state index is 14.7. The standard InChI is InChI=1S/C38H53N3O6/c1-11-24(3)31(40-36(45)47-38(8,9)10)34(43)41(30-21-25(30)4)32(28-20-16-19-26(12-2)22-28)33(42)39-29(35(44)46-37(5,6)7)23-27-17-14-13-15-18-27/h12-20,22,24-25,29-32H,2,11,21,23H2,1,3-10H3,(H,39,42)(H,40,45). The SMILES string of the molecule is C=Cc1cccc(C(C(=O)NC(Cc2ccccc2)C(=O)OC(C)(C)C)N(C(=O)C(NC(=O)OC(C)(C)C)C(C)CC)C2CC2C)c1. The maximum Gasteiger partial charge on any atom is 0.408 e. The zero-order valence-corrected chi connectivity index (χ0v) is 29.5. The Hall–Kier alpha value is -4.14. The molecule has 6 atom stereocenters. The lowest BCUT2D eigenvalue weighted by atomic mass is 9.94. The lowest BCUT2D eigenvalue weighted by Gasteiger charge is -2.37. The third-order valence-electron chi connectivity index (χ3n) is 8.11. The highest BCUT2D eigenvalue weighted by Gasteiger charge is 2.49. The van der Waals surface area contributed by atoms with Gasteiger partial charge in [-0.1, -0.05) is 88.4 Å². The van der Waals surface area contributed by atoms with Gasteiger partial charge in [-0.15, -0.1) is 0 Å². The van der Waals surface area contributed by atoms with Crippen LogP contribution in [-0.4, -0.2) is 58.1 Å². The molecule has 1 aliphatic rings. The molecular weight excluding hydrogens is 594 g/mol. The Labute approximate surface area is 280 Å². The summed E-state index contributed by atoms with van der Waals surface area (Å²) in [7, 11) is 0. The van der Waals surface area contributed by atoms with Crippen molar-refractivity contribution in [2.75, 3.05) is 0 Å². The van der Waals surface area contributed by atoms with E-state index in [1.165, 1.54) is 0 Å². The molecule has 0 aliphatic heterocycles. The predicted octanol–water partition coefficient (Wildman–Crippen LogP) is 6.62. The number of nitrogens with zero attached hydrogens (tertiary/aromatic N) is 1. The molecule has 0 bridgehead atoms. The summed E-state index contributed by atoms with van der Waals surface area (Å²) in [6, 6.07) is 13.3. The minimum atomic E-state index is -1.11. The van der Waals surface area contributed by atoms with Gasteiger partial charge >= 0.3 is 12.1 Å². The second kappa shape index (κ2) is 15.6. The molecule has 2 aromatic carbocycles. The number of hydrogen-bond acceptors (Lipinski definition) is 6.